The van der Waals surface area contributed by atoms with Crippen molar-refractivity contribution in [1.29, 1.82) is 0 Å². The first-order chi connectivity index (χ1) is 5.83. The van der Waals surface area contributed by atoms with Crippen molar-refractivity contribution in [3.63, 3.8) is 0 Å². The number of aldehydes is 1. The molecule has 1 atom stereocenters. The molecule has 0 aliphatic heterocycles. The molecule has 1 nitrogen and oxygen atoms in total. The van der Waals surface area contributed by atoms with Crippen molar-refractivity contribution in [2.75, 3.05) is 0 Å². The zero-order chi connectivity index (χ0) is 8.81. The van der Waals surface area contributed by atoms with E-state index in [-0.39, 0.29) is 0 Å². The van der Waals surface area contributed by atoms with Crippen LogP contribution in [0.2, 0.25) is 0 Å². The van der Waals surface area contributed by atoms with Crippen LogP contribution in [0.3, 0.4) is 0 Å². The first kappa shape index (κ1) is 9.46. The summed E-state index contributed by atoms with van der Waals surface area (Å²) < 4.78 is 0. The molecule has 1 heterocycles. The number of rotatable bonds is 5. The molecule has 66 valence electrons. The lowest BCUT2D eigenvalue weighted by Crippen LogP contribution is -1.97. The third-order valence-electron chi connectivity index (χ3n) is 2.00. The first-order valence-electron chi connectivity index (χ1n) is 4.27. The van der Waals surface area contributed by atoms with Gasteiger partial charge in [0.25, 0.3) is 0 Å². The van der Waals surface area contributed by atoms with E-state index in [1.165, 1.54) is 5.56 Å². The fourth-order valence-electron chi connectivity index (χ4n) is 1.13. The van der Waals surface area contributed by atoms with Gasteiger partial charge in [-0.1, -0.05) is 6.92 Å². The van der Waals surface area contributed by atoms with Crippen LogP contribution in [-0.4, -0.2) is 6.29 Å². The van der Waals surface area contributed by atoms with Gasteiger partial charge in [0, 0.05) is 6.42 Å². The summed E-state index contributed by atoms with van der Waals surface area (Å²) >= 11 is 1.74. The lowest BCUT2D eigenvalue weighted by atomic mass is 10.0. The highest BCUT2D eigenvalue weighted by Gasteiger charge is 2.01. The quantitative estimate of drug-likeness (QED) is 0.640. The van der Waals surface area contributed by atoms with Gasteiger partial charge < -0.3 is 4.79 Å². The van der Waals surface area contributed by atoms with E-state index in [0.29, 0.717) is 12.3 Å². The SMILES string of the molecule is C[C@H](CC=O)CCc1ccsc1. The summed E-state index contributed by atoms with van der Waals surface area (Å²) in [5.74, 6) is 0.530. The predicted molar refractivity (Wildman–Crippen MR) is 52.5 cm³/mol. The van der Waals surface area contributed by atoms with Crippen LogP contribution in [0.25, 0.3) is 0 Å². The molecular formula is C10H14OS. The molecule has 2 heteroatoms. The minimum absolute atomic E-state index is 0.530. The molecule has 12 heavy (non-hydrogen) atoms. The van der Waals surface area contributed by atoms with Gasteiger partial charge in [-0.25, -0.2) is 0 Å². The Morgan fingerprint density at radius 2 is 2.50 bits per heavy atom. The standard InChI is InChI=1S/C10H14OS/c1-9(4-6-11)2-3-10-5-7-12-8-10/h5-9H,2-4H2,1H3/t9-/m0/s1. The van der Waals surface area contributed by atoms with Gasteiger partial charge in [-0.15, -0.1) is 0 Å². The molecule has 0 aromatic carbocycles. The Balaban J connectivity index is 2.21. The average molecular weight is 182 g/mol. The van der Waals surface area contributed by atoms with Crippen LogP contribution in [0.1, 0.15) is 25.3 Å². The molecule has 0 spiro atoms. The number of hydrogen-bond acceptors (Lipinski definition) is 2. The molecule has 0 saturated heterocycles. The second-order valence-electron chi connectivity index (χ2n) is 3.18. The van der Waals surface area contributed by atoms with E-state index in [9.17, 15) is 4.79 Å². The third-order valence-corrected chi connectivity index (χ3v) is 2.74. The molecule has 0 unspecified atom stereocenters. The Kier molecular flexibility index (Phi) is 4.01. The Hall–Kier alpha value is -0.630. The Morgan fingerprint density at radius 1 is 1.67 bits per heavy atom. The molecule has 0 N–H and O–H groups in total. The second-order valence-corrected chi connectivity index (χ2v) is 3.96. The molecule has 1 aromatic heterocycles. The van der Waals surface area contributed by atoms with E-state index in [1.807, 2.05) is 0 Å². The number of carbonyl (C=O) groups excluding carboxylic acids is 1. The maximum absolute atomic E-state index is 10.2. The highest BCUT2D eigenvalue weighted by molar-refractivity contribution is 7.07. The lowest BCUT2D eigenvalue weighted by molar-refractivity contribution is -0.108. The normalized spacial score (nSPS) is 12.8. The number of aryl methyl sites for hydroxylation is 1. The van der Waals surface area contributed by atoms with Crippen LogP contribution in [0.15, 0.2) is 16.8 Å². The summed E-state index contributed by atoms with van der Waals surface area (Å²) in [5, 5.41) is 4.27. The number of hydrogen-bond donors (Lipinski definition) is 0. The largest absolute Gasteiger partial charge is 0.303 e. The Labute approximate surface area is 77.4 Å². The van der Waals surface area contributed by atoms with Crippen LogP contribution in [0, 0.1) is 5.92 Å². The first-order valence-corrected chi connectivity index (χ1v) is 5.22. The van der Waals surface area contributed by atoms with Gasteiger partial charge in [-0.05, 0) is 41.1 Å². The van der Waals surface area contributed by atoms with E-state index in [1.54, 1.807) is 11.3 Å². The summed E-state index contributed by atoms with van der Waals surface area (Å²) in [6, 6.07) is 2.15. The summed E-state index contributed by atoms with van der Waals surface area (Å²) in [7, 11) is 0. The van der Waals surface area contributed by atoms with Crippen LogP contribution >= 0.6 is 11.3 Å². The van der Waals surface area contributed by atoms with Crippen molar-refractivity contribution in [1.82, 2.24) is 0 Å². The highest BCUT2D eigenvalue weighted by atomic mass is 32.1. The van der Waals surface area contributed by atoms with Crippen LogP contribution in [0.5, 0.6) is 0 Å². The van der Waals surface area contributed by atoms with Crippen molar-refractivity contribution < 1.29 is 4.79 Å². The number of carbonyl (C=O) groups is 1. The Morgan fingerprint density at radius 3 is 3.08 bits per heavy atom. The van der Waals surface area contributed by atoms with Gasteiger partial charge in [0.05, 0.1) is 0 Å². The molecule has 0 aliphatic rings. The lowest BCUT2D eigenvalue weighted by Gasteiger charge is -2.04. The van der Waals surface area contributed by atoms with Gasteiger partial charge in [0.1, 0.15) is 6.29 Å². The van der Waals surface area contributed by atoms with Crippen LogP contribution in [0.4, 0.5) is 0 Å². The minimum Gasteiger partial charge on any atom is -0.303 e. The van der Waals surface area contributed by atoms with Gasteiger partial charge in [0.15, 0.2) is 0 Å². The maximum Gasteiger partial charge on any atom is 0.120 e. The molecular weight excluding hydrogens is 168 g/mol. The fraction of sp³-hybridized carbons (Fsp3) is 0.500. The maximum atomic E-state index is 10.2. The summed E-state index contributed by atoms with van der Waals surface area (Å²) in [5.41, 5.74) is 1.40. The second kappa shape index (κ2) is 5.09. The molecule has 0 radical (unpaired) electrons. The topological polar surface area (TPSA) is 17.1 Å². The highest BCUT2D eigenvalue weighted by Crippen LogP contribution is 2.13. The molecule has 0 fully saturated rings. The number of thiophene rings is 1. The van der Waals surface area contributed by atoms with E-state index in [4.69, 9.17) is 0 Å². The van der Waals surface area contributed by atoms with Crippen molar-refractivity contribution in [3.05, 3.63) is 22.4 Å². The van der Waals surface area contributed by atoms with Crippen molar-refractivity contribution in [2.45, 2.75) is 26.2 Å². The average Bonchev–Trinajstić information content (AvgIpc) is 2.53. The smallest absolute Gasteiger partial charge is 0.120 e. The molecule has 1 aromatic rings. The summed E-state index contributed by atoms with van der Waals surface area (Å²) in [6.07, 6.45) is 3.94. The zero-order valence-electron chi connectivity index (χ0n) is 7.32. The van der Waals surface area contributed by atoms with Gasteiger partial charge in [-0.3, -0.25) is 0 Å². The van der Waals surface area contributed by atoms with Crippen molar-refractivity contribution >= 4 is 17.6 Å². The van der Waals surface area contributed by atoms with E-state index in [2.05, 4.69) is 23.8 Å². The zero-order valence-corrected chi connectivity index (χ0v) is 8.14. The molecule has 1 rings (SSSR count). The van der Waals surface area contributed by atoms with Gasteiger partial charge >= 0.3 is 0 Å². The van der Waals surface area contributed by atoms with Crippen LogP contribution < -0.4 is 0 Å². The molecule has 0 aliphatic carbocycles. The van der Waals surface area contributed by atoms with E-state index >= 15 is 0 Å². The van der Waals surface area contributed by atoms with Crippen LogP contribution in [-0.2, 0) is 11.2 Å². The van der Waals surface area contributed by atoms with Gasteiger partial charge in [-0.2, -0.15) is 11.3 Å². The van der Waals surface area contributed by atoms with Crippen molar-refractivity contribution in [2.24, 2.45) is 5.92 Å². The Bertz CT molecular complexity index is 216. The molecule has 0 bridgehead atoms. The monoisotopic (exact) mass is 182 g/mol. The predicted octanol–water partition coefficient (Wildman–Crippen LogP) is 2.91. The van der Waals surface area contributed by atoms with E-state index < -0.39 is 0 Å². The summed E-state index contributed by atoms with van der Waals surface area (Å²) in [4.78, 5) is 10.2. The third kappa shape index (κ3) is 3.18. The molecule has 0 amide bonds. The summed E-state index contributed by atoms with van der Waals surface area (Å²) in [6.45, 7) is 2.13. The van der Waals surface area contributed by atoms with Crippen molar-refractivity contribution in [3.8, 4) is 0 Å². The minimum atomic E-state index is 0.530. The van der Waals surface area contributed by atoms with Gasteiger partial charge in [0.2, 0.25) is 0 Å². The molecule has 0 saturated carbocycles. The van der Waals surface area contributed by atoms with E-state index in [0.717, 1.165) is 19.1 Å². The fourth-order valence-corrected chi connectivity index (χ4v) is 1.83.